The predicted molar refractivity (Wildman–Crippen MR) is 235 cm³/mol. The number of aromatic nitrogens is 4. The van der Waals surface area contributed by atoms with Gasteiger partial charge in [-0.15, -0.1) is 0 Å². The molecule has 0 bridgehead atoms. The van der Waals surface area contributed by atoms with E-state index in [9.17, 15) is 9.59 Å². The number of anilines is 1. The van der Waals surface area contributed by atoms with Crippen molar-refractivity contribution < 1.29 is 9.18 Å². The van der Waals surface area contributed by atoms with Gasteiger partial charge in [-0.2, -0.15) is 4.98 Å². The molecule has 3 aromatic heterocycles. The minimum Gasteiger partial charge on any atom is -0.350 e. The third-order valence-corrected chi connectivity index (χ3v) is 12.3. The first kappa shape index (κ1) is 39.2. The van der Waals surface area contributed by atoms with E-state index in [0.717, 1.165) is 22.3 Å². The molecule has 9 rings (SSSR count). The van der Waals surface area contributed by atoms with E-state index < -0.39 is 17.0 Å². The van der Waals surface area contributed by atoms with E-state index >= 15 is 4.39 Å². The van der Waals surface area contributed by atoms with Crippen LogP contribution in [0.2, 0.25) is 5.02 Å². The number of aryl methyl sites for hydroxylation is 1. The summed E-state index contributed by atoms with van der Waals surface area (Å²) in [6.07, 6.45) is 1.73. The fraction of sp³-hybridized carbons (Fsp3) is 0.245. The van der Waals surface area contributed by atoms with Crippen molar-refractivity contribution in [2.24, 2.45) is 0 Å². The van der Waals surface area contributed by atoms with Crippen LogP contribution >= 0.6 is 11.6 Å². The highest BCUT2D eigenvalue weighted by Gasteiger charge is 2.57. The van der Waals surface area contributed by atoms with Gasteiger partial charge in [0, 0.05) is 44.0 Å². The van der Waals surface area contributed by atoms with Gasteiger partial charge in [0.05, 0.1) is 33.0 Å². The molecular formula is C49H45ClFN7O2. The lowest BCUT2D eigenvalue weighted by Gasteiger charge is -2.42. The number of benzene rings is 4. The molecule has 302 valence electrons. The number of hydrogen-bond acceptors (Lipinski definition) is 7. The monoisotopic (exact) mass is 817 g/mol. The summed E-state index contributed by atoms with van der Waals surface area (Å²) < 4.78 is 16.8. The highest BCUT2D eigenvalue weighted by molar-refractivity contribution is 6.33. The van der Waals surface area contributed by atoms with Crippen LogP contribution in [0.5, 0.6) is 0 Å². The third kappa shape index (κ3) is 6.64. The van der Waals surface area contributed by atoms with E-state index in [2.05, 4.69) is 87.6 Å². The van der Waals surface area contributed by atoms with Crippen molar-refractivity contribution >= 4 is 34.4 Å². The fourth-order valence-corrected chi connectivity index (χ4v) is 9.35. The molecule has 2 saturated heterocycles. The zero-order valence-electron chi connectivity index (χ0n) is 34.0. The number of amides is 1. The number of halogens is 2. The van der Waals surface area contributed by atoms with Gasteiger partial charge in [-0.25, -0.2) is 18.7 Å². The van der Waals surface area contributed by atoms with Crippen molar-refractivity contribution in [1.29, 1.82) is 0 Å². The first-order chi connectivity index (χ1) is 29.1. The SMILES string of the molecule is Cc1ccnc(C(C)C)c1-n1c(=O)nc(N2CCN(C(=O)[C@H]3CN3C(c3ccccc3)(c3ccccc3)c3ccccc3)C[C@@H]2C)c2cc(Cl)c(-c3ccccc3F)nc21. The van der Waals surface area contributed by atoms with Crippen molar-refractivity contribution in [3.05, 3.63) is 183 Å². The summed E-state index contributed by atoms with van der Waals surface area (Å²) in [5.41, 5.74) is 4.92. The summed E-state index contributed by atoms with van der Waals surface area (Å²) >= 11 is 6.97. The molecule has 2 aliphatic rings. The Bertz CT molecular complexity index is 2690. The van der Waals surface area contributed by atoms with E-state index in [-0.39, 0.29) is 40.2 Å². The number of carbonyl (C=O) groups is 1. The van der Waals surface area contributed by atoms with E-state index in [1.165, 1.54) is 10.6 Å². The van der Waals surface area contributed by atoms with Crippen LogP contribution in [0.25, 0.3) is 28.0 Å². The maximum absolute atomic E-state index is 15.3. The lowest BCUT2D eigenvalue weighted by atomic mass is 9.76. The molecule has 3 atom stereocenters. The van der Waals surface area contributed by atoms with Crippen molar-refractivity contribution in [2.75, 3.05) is 31.1 Å². The third-order valence-electron chi connectivity index (χ3n) is 12.0. The number of pyridine rings is 2. The van der Waals surface area contributed by atoms with Crippen LogP contribution in [0.15, 0.2) is 138 Å². The Balaban J connectivity index is 1.08. The Kier molecular flexibility index (Phi) is 10.3. The van der Waals surface area contributed by atoms with Gasteiger partial charge in [-0.05, 0) is 66.3 Å². The average Bonchev–Trinajstić information content (AvgIpc) is 4.06. The minimum atomic E-state index is -0.680. The normalized spacial score (nSPS) is 17.9. The van der Waals surface area contributed by atoms with Crippen LogP contribution in [0.3, 0.4) is 0 Å². The Hall–Kier alpha value is -6.23. The van der Waals surface area contributed by atoms with Gasteiger partial charge in [0.2, 0.25) is 5.91 Å². The predicted octanol–water partition coefficient (Wildman–Crippen LogP) is 8.78. The van der Waals surface area contributed by atoms with E-state index in [0.29, 0.717) is 54.4 Å². The fourth-order valence-electron chi connectivity index (χ4n) is 9.09. The van der Waals surface area contributed by atoms with Crippen LogP contribution < -0.4 is 10.6 Å². The molecule has 7 aromatic rings. The molecule has 4 aromatic carbocycles. The largest absolute Gasteiger partial charge is 0.355 e. The Morgan fingerprint density at radius 1 is 0.817 bits per heavy atom. The smallest absolute Gasteiger partial charge is 0.350 e. The maximum Gasteiger partial charge on any atom is 0.355 e. The van der Waals surface area contributed by atoms with Gasteiger partial charge < -0.3 is 9.80 Å². The van der Waals surface area contributed by atoms with E-state index in [4.69, 9.17) is 21.6 Å². The van der Waals surface area contributed by atoms with Crippen LogP contribution in [0, 0.1) is 12.7 Å². The second-order valence-electron chi connectivity index (χ2n) is 16.0. The van der Waals surface area contributed by atoms with E-state index in [1.807, 2.05) is 56.9 Å². The molecule has 0 aliphatic carbocycles. The Labute approximate surface area is 353 Å². The van der Waals surface area contributed by atoms with Gasteiger partial charge in [0.25, 0.3) is 0 Å². The molecule has 2 fully saturated rings. The summed E-state index contributed by atoms with van der Waals surface area (Å²) in [5.74, 6) is -0.0233. The van der Waals surface area contributed by atoms with Gasteiger partial charge in [0.15, 0.2) is 5.65 Å². The van der Waals surface area contributed by atoms with Crippen LogP contribution in [-0.2, 0) is 10.3 Å². The maximum atomic E-state index is 15.3. The molecule has 0 N–H and O–H groups in total. The highest BCUT2D eigenvalue weighted by Crippen LogP contribution is 2.49. The lowest BCUT2D eigenvalue weighted by molar-refractivity contribution is -0.132. The average molecular weight is 818 g/mol. The molecule has 9 nitrogen and oxygen atoms in total. The van der Waals surface area contributed by atoms with Gasteiger partial charge >= 0.3 is 5.69 Å². The Morgan fingerprint density at radius 3 is 2.00 bits per heavy atom. The van der Waals surface area contributed by atoms with Gasteiger partial charge in [-0.1, -0.05) is 129 Å². The molecule has 1 amide bonds. The summed E-state index contributed by atoms with van der Waals surface area (Å²) in [5, 5.41) is 0.762. The molecule has 0 radical (unpaired) electrons. The number of rotatable bonds is 9. The molecule has 60 heavy (non-hydrogen) atoms. The lowest BCUT2D eigenvalue weighted by Crippen LogP contribution is -2.56. The minimum absolute atomic E-state index is 0.0221. The van der Waals surface area contributed by atoms with Crippen LogP contribution in [0.1, 0.15) is 54.6 Å². The number of hydrogen-bond donors (Lipinski definition) is 0. The second-order valence-corrected chi connectivity index (χ2v) is 16.5. The number of carbonyl (C=O) groups excluding carboxylic acids is 1. The summed E-state index contributed by atoms with van der Waals surface area (Å²) in [4.78, 5) is 49.8. The zero-order valence-corrected chi connectivity index (χ0v) is 34.7. The Morgan fingerprint density at radius 2 is 1.42 bits per heavy atom. The molecule has 5 heterocycles. The summed E-state index contributed by atoms with van der Waals surface area (Å²) in [7, 11) is 0. The molecule has 2 aliphatic heterocycles. The van der Waals surface area contributed by atoms with Crippen LogP contribution in [-0.4, -0.2) is 73.5 Å². The van der Waals surface area contributed by atoms with Crippen molar-refractivity contribution in [3.63, 3.8) is 0 Å². The number of fused-ring (bicyclic) bond motifs is 1. The first-order valence-corrected chi connectivity index (χ1v) is 20.8. The van der Waals surface area contributed by atoms with Crippen molar-refractivity contribution in [3.8, 4) is 16.9 Å². The van der Waals surface area contributed by atoms with Crippen molar-refractivity contribution in [2.45, 2.75) is 51.2 Å². The number of piperazine rings is 1. The van der Waals surface area contributed by atoms with Gasteiger partial charge in [-0.3, -0.25) is 14.7 Å². The molecule has 11 heteroatoms. The second kappa shape index (κ2) is 15.7. The molecule has 0 spiro atoms. The van der Waals surface area contributed by atoms with E-state index in [1.54, 1.807) is 30.5 Å². The quantitative estimate of drug-likeness (QED) is 0.106. The topological polar surface area (TPSA) is 87.2 Å². The molecular weight excluding hydrogens is 773 g/mol. The standard InChI is InChI=1S/C49H45ClFN7O2/c1-31(2)42-44(32(3)24-25-52-42)58-46-38(28-39(50)43(53-46)37-22-14-15-23-40(37)51)45(54-48(58)60)56-27-26-55(29-33(56)4)47(59)41-30-57(41)49(34-16-8-5-9-17-34,35-18-10-6-11-19-35)36-20-12-7-13-21-36/h5-25,28,31,33,41H,26-27,29-30H2,1-4H3/t33-,41+,57?/m0/s1. The highest BCUT2D eigenvalue weighted by atomic mass is 35.5. The molecule has 1 unspecified atom stereocenters. The van der Waals surface area contributed by atoms with Gasteiger partial charge in [0.1, 0.15) is 17.7 Å². The summed E-state index contributed by atoms with van der Waals surface area (Å²) in [6, 6.07) is 40.6. The van der Waals surface area contributed by atoms with Crippen LogP contribution in [0.4, 0.5) is 10.2 Å². The first-order valence-electron chi connectivity index (χ1n) is 20.4. The number of nitrogens with zero attached hydrogens (tertiary/aromatic N) is 7. The van der Waals surface area contributed by atoms with Crippen molar-refractivity contribution in [1.82, 2.24) is 29.3 Å². The molecule has 0 saturated carbocycles. The zero-order chi connectivity index (χ0) is 41.7. The summed E-state index contributed by atoms with van der Waals surface area (Å²) in [6.45, 7) is 9.84.